The Hall–Kier alpha value is -1.45. The summed E-state index contributed by atoms with van der Waals surface area (Å²) in [6, 6.07) is 2.80. The van der Waals surface area contributed by atoms with Crippen LogP contribution in [-0.2, 0) is 4.74 Å². The topological polar surface area (TPSA) is 26.3 Å². The molecule has 0 aliphatic rings. The van der Waals surface area contributed by atoms with E-state index < -0.39 is 17.6 Å². The molecule has 1 aromatic rings. The van der Waals surface area contributed by atoms with Gasteiger partial charge in [-0.3, -0.25) is 0 Å². The summed E-state index contributed by atoms with van der Waals surface area (Å²) in [6.45, 7) is 3.99. The first-order valence-electron chi connectivity index (χ1n) is 8.70. The van der Waals surface area contributed by atoms with E-state index in [0.29, 0.717) is 0 Å². The number of benzene rings is 1. The Morgan fingerprint density at radius 1 is 1.04 bits per heavy atom. The predicted octanol–water partition coefficient (Wildman–Crippen LogP) is 6.04. The molecule has 0 amide bonds. The van der Waals surface area contributed by atoms with Gasteiger partial charge in [0.05, 0.1) is 11.7 Å². The fourth-order valence-corrected chi connectivity index (χ4v) is 2.52. The van der Waals surface area contributed by atoms with Gasteiger partial charge in [0.1, 0.15) is 11.6 Å². The number of unbranched alkanes of at least 4 members (excludes halogenated alkanes) is 7. The van der Waals surface area contributed by atoms with Gasteiger partial charge in [0.15, 0.2) is 0 Å². The number of carbonyl (C=O) groups is 1. The Balaban J connectivity index is 2.19. The van der Waals surface area contributed by atoms with Gasteiger partial charge in [-0.25, -0.2) is 13.6 Å². The molecule has 0 heterocycles. The van der Waals surface area contributed by atoms with Crippen molar-refractivity contribution in [2.45, 2.75) is 77.7 Å². The third-order valence-electron chi connectivity index (χ3n) is 3.92. The van der Waals surface area contributed by atoms with Crippen molar-refractivity contribution in [3.05, 3.63) is 35.4 Å². The molecule has 1 aromatic carbocycles. The Labute approximate surface area is 138 Å². The second kappa shape index (κ2) is 11.1. The third-order valence-corrected chi connectivity index (χ3v) is 3.92. The first-order chi connectivity index (χ1) is 11.0. The maximum absolute atomic E-state index is 13.5. The average molecular weight is 326 g/mol. The van der Waals surface area contributed by atoms with E-state index >= 15 is 0 Å². The Morgan fingerprint density at radius 3 is 2.30 bits per heavy atom. The maximum atomic E-state index is 13.5. The lowest BCUT2D eigenvalue weighted by Crippen LogP contribution is -2.16. The van der Waals surface area contributed by atoms with Crippen LogP contribution in [-0.4, -0.2) is 12.1 Å². The first kappa shape index (κ1) is 19.6. The molecule has 130 valence electrons. The van der Waals surface area contributed by atoms with Crippen molar-refractivity contribution in [3.63, 3.8) is 0 Å². The molecule has 0 aliphatic heterocycles. The van der Waals surface area contributed by atoms with E-state index in [2.05, 4.69) is 6.92 Å². The fourth-order valence-electron chi connectivity index (χ4n) is 2.52. The number of hydrogen-bond acceptors (Lipinski definition) is 2. The van der Waals surface area contributed by atoms with Crippen LogP contribution in [0.1, 0.15) is 82.0 Å². The van der Waals surface area contributed by atoms with Crippen molar-refractivity contribution in [3.8, 4) is 0 Å². The zero-order valence-electron chi connectivity index (χ0n) is 14.2. The first-order valence-corrected chi connectivity index (χ1v) is 8.70. The number of hydrogen-bond donors (Lipinski definition) is 0. The van der Waals surface area contributed by atoms with Gasteiger partial charge < -0.3 is 4.74 Å². The van der Waals surface area contributed by atoms with Crippen molar-refractivity contribution in [1.29, 1.82) is 0 Å². The van der Waals surface area contributed by atoms with Gasteiger partial charge in [-0.15, -0.1) is 0 Å². The summed E-state index contributed by atoms with van der Waals surface area (Å²) in [6.07, 6.45) is 10.2. The van der Waals surface area contributed by atoms with Crippen molar-refractivity contribution in [1.82, 2.24) is 0 Å². The predicted molar refractivity (Wildman–Crippen MR) is 88.5 cm³/mol. The van der Waals surface area contributed by atoms with Crippen LogP contribution >= 0.6 is 0 Å². The summed E-state index contributed by atoms with van der Waals surface area (Å²) < 4.78 is 31.7. The molecule has 0 bridgehead atoms. The van der Waals surface area contributed by atoms with Gasteiger partial charge in [0, 0.05) is 0 Å². The highest BCUT2D eigenvalue weighted by Crippen LogP contribution is 2.15. The van der Waals surface area contributed by atoms with Gasteiger partial charge >= 0.3 is 5.97 Å². The van der Waals surface area contributed by atoms with Gasteiger partial charge in [-0.1, -0.05) is 51.9 Å². The standard InChI is InChI=1S/C19H28F2O2/c1-3-4-5-6-7-8-9-10-11-15(2)23-19(22)17-14-16(20)12-13-18(17)21/h12-15H,3-11H2,1-2H3. The minimum Gasteiger partial charge on any atom is -0.459 e. The summed E-state index contributed by atoms with van der Waals surface area (Å²) >= 11 is 0. The lowest BCUT2D eigenvalue weighted by Gasteiger charge is -2.13. The van der Waals surface area contributed by atoms with E-state index in [0.717, 1.165) is 37.5 Å². The highest BCUT2D eigenvalue weighted by Gasteiger charge is 2.16. The van der Waals surface area contributed by atoms with Crippen molar-refractivity contribution in [2.75, 3.05) is 0 Å². The quantitative estimate of drug-likeness (QED) is 0.366. The van der Waals surface area contributed by atoms with E-state index in [-0.39, 0.29) is 11.7 Å². The second-order valence-corrected chi connectivity index (χ2v) is 6.10. The monoisotopic (exact) mass is 326 g/mol. The Bertz CT molecular complexity index is 474. The number of halogens is 2. The van der Waals surface area contributed by atoms with Gasteiger partial charge in [-0.05, 0) is 38.0 Å². The van der Waals surface area contributed by atoms with E-state index in [1.807, 2.05) is 0 Å². The molecule has 4 heteroatoms. The highest BCUT2D eigenvalue weighted by atomic mass is 19.1. The van der Waals surface area contributed by atoms with Crippen LogP contribution in [0.3, 0.4) is 0 Å². The molecule has 0 radical (unpaired) electrons. The average Bonchev–Trinajstić information content (AvgIpc) is 2.52. The van der Waals surface area contributed by atoms with E-state index in [1.54, 1.807) is 6.92 Å². The lowest BCUT2D eigenvalue weighted by atomic mass is 10.1. The van der Waals surface area contributed by atoms with Crippen LogP contribution in [0.2, 0.25) is 0 Å². The molecule has 1 unspecified atom stereocenters. The zero-order chi connectivity index (χ0) is 17.1. The minimum atomic E-state index is -0.797. The van der Waals surface area contributed by atoms with Crippen molar-refractivity contribution in [2.24, 2.45) is 0 Å². The summed E-state index contributed by atoms with van der Waals surface area (Å²) in [4.78, 5) is 11.8. The van der Waals surface area contributed by atoms with Gasteiger partial charge in [0.2, 0.25) is 0 Å². The van der Waals surface area contributed by atoms with Crippen LogP contribution in [0.4, 0.5) is 8.78 Å². The number of rotatable bonds is 11. The lowest BCUT2D eigenvalue weighted by molar-refractivity contribution is 0.0313. The zero-order valence-corrected chi connectivity index (χ0v) is 14.2. The molecule has 0 spiro atoms. The number of esters is 1. The molecule has 0 N–H and O–H groups in total. The largest absolute Gasteiger partial charge is 0.459 e. The molecule has 2 nitrogen and oxygen atoms in total. The summed E-state index contributed by atoms with van der Waals surface area (Å²) in [5.41, 5.74) is -0.340. The summed E-state index contributed by atoms with van der Waals surface area (Å²) in [7, 11) is 0. The molecular weight excluding hydrogens is 298 g/mol. The molecule has 0 saturated carbocycles. The summed E-state index contributed by atoms with van der Waals surface area (Å²) in [5.74, 6) is -2.20. The summed E-state index contributed by atoms with van der Waals surface area (Å²) in [5, 5.41) is 0. The molecular formula is C19H28F2O2. The van der Waals surface area contributed by atoms with Gasteiger partial charge in [-0.2, -0.15) is 0 Å². The van der Waals surface area contributed by atoms with E-state index in [1.165, 1.54) is 38.5 Å². The van der Waals surface area contributed by atoms with Crippen LogP contribution in [0.5, 0.6) is 0 Å². The van der Waals surface area contributed by atoms with Crippen molar-refractivity contribution >= 4 is 5.97 Å². The fraction of sp³-hybridized carbons (Fsp3) is 0.632. The molecule has 1 rings (SSSR count). The SMILES string of the molecule is CCCCCCCCCCC(C)OC(=O)c1cc(F)ccc1F. The molecule has 0 fully saturated rings. The number of carbonyl (C=O) groups excluding carboxylic acids is 1. The number of ether oxygens (including phenoxy) is 1. The minimum absolute atomic E-state index is 0.287. The van der Waals surface area contributed by atoms with Crippen LogP contribution in [0.25, 0.3) is 0 Å². The second-order valence-electron chi connectivity index (χ2n) is 6.10. The molecule has 0 aliphatic carbocycles. The van der Waals surface area contributed by atoms with Crippen LogP contribution in [0, 0.1) is 11.6 Å². The Kier molecular flexibility index (Phi) is 9.49. The van der Waals surface area contributed by atoms with E-state index in [9.17, 15) is 13.6 Å². The Morgan fingerprint density at radius 2 is 1.65 bits per heavy atom. The smallest absolute Gasteiger partial charge is 0.341 e. The highest BCUT2D eigenvalue weighted by molar-refractivity contribution is 5.89. The third kappa shape index (κ3) is 8.10. The normalized spacial score (nSPS) is 12.2. The van der Waals surface area contributed by atoms with Crippen molar-refractivity contribution < 1.29 is 18.3 Å². The molecule has 1 atom stereocenters. The molecule has 0 aromatic heterocycles. The molecule has 23 heavy (non-hydrogen) atoms. The van der Waals surface area contributed by atoms with Crippen LogP contribution in [0.15, 0.2) is 18.2 Å². The molecule has 0 saturated heterocycles. The maximum Gasteiger partial charge on any atom is 0.341 e. The van der Waals surface area contributed by atoms with Crippen LogP contribution < -0.4 is 0 Å². The van der Waals surface area contributed by atoms with E-state index in [4.69, 9.17) is 4.74 Å². The van der Waals surface area contributed by atoms with Gasteiger partial charge in [0.25, 0.3) is 0 Å².